The summed E-state index contributed by atoms with van der Waals surface area (Å²) in [5, 5.41) is 3.28. The van der Waals surface area contributed by atoms with Crippen LogP contribution in [0.3, 0.4) is 0 Å². The molecule has 0 aliphatic carbocycles. The van der Waals surface area contributed by atoms with E-state index in [0.29, 0.717) is 36.5 Å². The van der Waals surface area contributed by atoms with Gasteiger partial charge in [0.1, 0.15) is 0 Å². The average molecular weight is 510 g/mol. The summed E-state index contributed by atoms with van der Waals surface area (Å²) in [6.07, 6.45) is 1.90. The van der Waals surface area contributed by atoms with Gasteiger partial charge in [-0.05, 0) is 62.4 Å². The number of aryl methyl sites for hydroxylation is 3. The molecular formula is C24H26Cl2N2O2S2. The van der Waals surface area contributed by atoms with E-state index in [-0.39, 0.29) is 9.92 Å². The highest BCUT2D eigenvalue weighted by Gasteiger charge is 2.33. The molecule has 0 unspecified atom stereocenters. The highest BCUT2D eigenvalue weighted by Crippen LogP contribution is 2.34. The van der Waals surface area contributed by atoms with Gasteiger partial charge in [-0.15, -0.1) is 11.3 Å². The van der Waals surface area contributed by atoms with Crippen LogP contribution in [0.5, 0.6) is 0 Å². The maximum atomic E-state index is 13.2. The molecule has 0 spiro atoms. The number of halogens is 2. The summed E-state index contributed by atoms with van der Waals surface area (Å²) in [6, 6.07) is 9.61. The van der Waals surface area contributed by atoms with Gasteiger partial charge in [0.2, 0.25) is 0 Å². The second kappa shape index (κ2) is 9.34. The Hall–Kier alpha value is -1.60. The topological polar surface area (TPSA) is 50.3 Å². The molecule has 1 aliphatic rings. The van der Waals surface area contributed by atoms with Crippen LogP contribution >= 0.6 is 34.5 Å². The molecule has 32 heavy (non-hydrogen) atoms. The first-order valence-corrected chi connectivity index (χ1v) is 13.8. The molecule has 1 fully saturated rings. The number of rotatable bonds is 5. The lowest BCUT2D eigenvalue weighted by atomic mass is 10.0. The number of hydrogen-bond donors (Lipinski definition) is 0. The van der Waals surface area contributed by atoms with E-state index in [2.05, 4.69) is 42.3 Å². The van der Waals surface area contributed by atoms with E-state index in [1.807, 2.05) is 0 Å². The Kier molecular flexibility index (Phi) is 6.87. The third kappa shape index (κ3) is 4.84. The first-order valence-electron chi connectivity index (χ1n) is 10.6. The molecule has 0 bridgehead atoms. The highest BCUT2D eigenvalue weighted by atomic mass is 35.5. The quantitative estimate of drug-likeness (QED) is 0.399. The van der Waals surface area contributed by atoms with Gasteiger partial charge in [0.05, 0.1) is 20.9 Å². The van der Waals surface area contributed by atoms with Crippen LogP contribution < -0.4 is 4.90 Å². The van der Waals surface area contributed by atoms with Crippen molar-refractivity contribution < 1.29 is 8.42 Å². The van der Waals surface area contributed by atoms with Gasteiger partial charge < -0.3 is 4.90 Å². The first kappa shape index (κ1) is 23.6. The van der Waals surface area contributed by atoms with Gasteiger partial charge in [-0.2, -0.15) is 0 Å². The molecule has 0 saturated carbocycles. The Bertz CT molecular complexity index is 1250. The Balaban J connectivity index is 1.44. The summed E-state index contributed by atoms with van der Waals surface area (Å²) in [5.41, 5.74) is 5.58. The Morgan fingerprint density at radius 2 is 1.75 bits per heavy atom. The van der Waals surface area contributed by atoms with Crippen molar-refractivity contribution in [3.63, 3.8) is 0 Å². The number of benzene rings is 2. The molecule has 1 saturated heterocycles. The monoisotopic (exact) mass is 508 g/mol. The van der Waals surface area contributed by atoms with Gasteiger partial charge in [-0.3, -0.25) is 0 Å². The number of aromatic nitrogens is 1. The third-order valence-electron chi connectivity index (χ3n) is 6.09. The van der Waals surface area contributed by atoms with E-state index in [1.165, 1.54) is 22.8 Å². The maximum absolute atomic E-state index is 13.2. The van der Waals surface area contributed by atoms with E-state index in [9.17, 15) is 8.42 Å². The summed E-state index contributed by atoms with van der Waals surface area (Å²) in [4.78, 5) is 7.22. The van der Waals surface area contributed by atoms with Crippen LogP contribution in [0.2, 0.25) is 10.0 Å². The van der Waals surface area contributed by atoms with Crippen LogP contribution in [-0.2, 0) is 16.3 Å². The van der Waals surface area contributed by atoms with Gasteiger partial charge in [-0.1, -0.05) is 47.0 Å². The van der Waals surface area contributed by atoms with E-state index < -0.39 is 15.1 Å². The van der Waals surface area contributed by atoms with Gasteiger partial charge >= 0.3 is 0 Å². The van der Waals surface area contributed by atoms with Crippen molar-refractivity contribution in [2.45, 2.75) is 50.2 Å². The fourth-order valence-corrected chi connectivity index (χ4v) is 7.54. The van der Waals surface area contributed by atoms with E-state index in [1.54, 1.807) is 24.3 Å². The zero-order valence-electron chi connectivity index (χ0n) is 18.4. The minimum Gasteiger partial charge on any atom is -0.348 e. The Morgan fingerprint density at radius 3 is 2.47 bits per heavy atom. The van der Waals surface area contributed by atoms with Crippen molar-refractivity contribution in [2.24, 2.45) is 0 Å². The molecule has 2 heterocycles. The summed E-state index contributed by atoms with van der Waals surface area (Å²) in [7, 11) is -3.52. The smallest absolute Gasteiger partial charge is 0.185 e. The van der Waals surface area contributed by atoms with Crippen LogP contribution in [0, 0.1) is 20.8 Å². The van der Waals surface area contributed by atoms with Crippen molar-refractivity contribution in [3.8, 4) is 0 Å². The summed E-state index contributed by atoms with van der Waals surface area (Å²) in [6.45, 7) is 7.33. The zero-order valence-corrected chi connectivity index (χ0v) is 21.5. The number of hydrogen-bond acceptors (Lipinski definition) is 5. The largest absolute Gasteiger partial charge is 0.348 e. The van der Waals surface area contributed by atoms with Crippen LogP contribution in [0.15, 0.2) is 40.6 Å². The standard InChI is InChI=1S/C24H26Cl2N2O2S2/c1-15-4-5-16(2)18(10-15)12-19-14-31-24(27-19)28-8-6-20(7-9-28)32(29,30)23-11-17(3)21(25)13-22(23)26/h4-5,10-11,13-14,20H,6-9,12H2,1-3H3. The fraction of sp³-hybridized carbons (Fsp3) is 0.375. The highest BCUT2D eigenvalue weighted by molar-refractivity contribution is 7.92. The number of thiazole rings is 1. The van der Waals surface area contributed by atoms with Crippen molar-refractivity contribution >= 4 is 49.5 Å². The van der Waals surface area contributed by atoms with Crippen LogP contribution in [0.1, 0.15) is 40.8 Å². The predicted molar refractivity (Wildman–Crippen MR) is 134 cm³/mol. The van der Waals surface area contributed by atoms with Gasteiger partial charge in [0, 0.05) is 29.9 Å². The first-order chi connectivity index (χ1) is 15.1. The minimum atomic E-state index is -3.52. The molecule has 3 aromatic rings. The molecule has 0 amide bonds. The van der Waals surface area contributed by atoms with Gasteiger partial charge in [0.25, 0.3) is 0 Å². The summed E-state index contributed by atoms with van der Waals surface area (Å²) >= 11 is 13.9. The molecule has 0 radical (unpaired) electrons. The van der Waals surface area contributed by atoms with Gasteiger partial charge in [0.15, 0.2) is 15.0 Å². The number of anilines is 1. The fourth-order valence-electron chi connectivity index (χ4n) is 4.09. The SMILES string of the molecule is Cc1ccc(C)c(Cc2csc(N3CCC(S(=O)(=O)c4cc(C)c(Cl)cc4Cl)CC3)n2)c1. The molecule has 1 aromatic heterocycles. The lowest BCUT2D eigenvalue weighted by Crippen LogP contribution is -2.39. The van der Waals surface area contributed by atoms with Crippen LogP contribution in [0.4, 0.5) is 5.13 Å². The van der Waals surface area contributed by atoms with Crippen molar-refractivity contribution in [1.29, 1.82) is 0 Å². The minimum absolute atomic E-state index is 0.185. The normalized spacial score (nSPS) is 15.3. The summed E-state index contributed by atoms with van der Waals surface area (Å²) in [5.74, 6) is 0. The molecule has 8 heteroatoms. The second-order valence-corrected chi connectivity index (χ2v) is 12.3. The molecule has 170 valence electrons. The van der Waals surface area contributed by atoms with Crippen molar-refractivity contribution in [1.82, 2.24) is 4.98 Å². The predicted octanol–water partition coefficient (Wildman–Crippen LogP) is 6.41. The van der Waals surface area contributed by atoms with Crippen molar-refractivity contribution in [3.05, 3.63) is 73.7 Å². The van der Waals surface area contributed by atoms with Gasteiger partial charge in [-0.25, -0.2) is 13.4 Å². The molecule has 4 rings (SSSR count). The molecule has 1 aliphatic heterocycles. The van der Waals surface area contributed by atoms with E-state index in [0.717, 1.165) is 17.2 Å². The van der Waals surface area contributed by atoms with E-state index in [4.69, 9.17) is 28.2 Å². The number of sulfone groups is 1. The van der Waals surface area contributed by atoms with E-state index >= 15 is 0 Å². The molecule has 4 nitrogen and oxygen atoms in total. The van der Waals surface area contributed by atoms with Crippen LogP contribution in [-0.4, -0.2) is 31.7 Å². The zero-order chi connectivity index (χ0) is 23.0. The third-order valence-corrected chi connectivity index (χ3v) is 10.2. The molecule has 0 atom stereocenters. The summed E-state index contributed by atoms with van der Waals surface area (Å²) < 4.78 is 26.4. The average Bonchev–Trinajstić information content (AvgIpc) is 3.22. The molecular weight excluding hydrogens is 483 g/mol. The van der Waals surface area contributed by atoms with Crippen molar-refractivity contribution in [2.75, 3.05) is 18.0 Å². The number of nitrogens with zero attached hydrogens (tertiary/aromatic N) is 2. The Labute approximate surface area is 204 Å². The molecule has 0 N–H and O–H groups in total. The lowest BCUT2D eigenvalue weighted by Gasteiger charge is -2.31. The van der Waals surface area contributed by atoms with Crippen LogP contribution in [0.25, 0.3) is 0 Å². The lowest BCUT2D eigenvalue weighted by molar-refractivity contribution is 0.529. The second-order valence-electron chi connectivity index (χ2n) is 8.49. The molecule has 2 aromatic carbocycles. The Morgan fingerprint density at radius 1 is 1.03 bits per heavy atom. The number of piperidine rings is 1. The maximum Gasteiger partial charge on any atom is 0.185 e.